The van der Waals surface area contributed by atoms with E-state index < -0.39 is 23.9 Å². The Morgan fingerprint density at radius 3 is 2.38 bits per heavy atom. The maximum Gasteiger partial charge on any atom is 0.326 e. The van der Waals surface area contributed by atoms with Gasteiger partial charge in [0, 0.05) is 0 Å². The van der Waals surface area contributed by atoms with Crippen molar-refractivity contribution in [3.05, 3.63) is 35.9 Å². The van der Waals surface area contributed by atoms with Gasteiger partial charge in [-0.3, -0.25) is 14.4 Å². The quantitative estimate of drug-likeness (QED) is 0.669. The highest BCUT2D eigenvalue weighted by atomic mass is 16.6. The first-order chi connectivity index (χ1) is 9.99. The molecule has 0 amide bonds. The Balaban J connectivity index is 2.25. The van der Waals surface area contributed by atoms with Crippen molar-refractivity contribution in [1.82, 2.24) is 0 Å². The lowest BCUT2D eigenvalue weighted by molar-refractivity contribution is -0.153. The van der Waals surface area contributed by atoms with Gasteiger partial charge in [-0.2, -0.15) is 0 Å². The Kier molecular flexibility index (Phi) is 6.90. The van der Waals surface area contributed by atoms with E-state index in [1.807, 2.05) is 18.2 Å². The summed E-state index contributed by atoms with van der Waals surface area (Å²) in [5.74, 6) is -2.51. The fourth-order valence-electron chi connectivity index (χ4n) is 1.37. The highest BCUT2D eigenvalue weighted by Crippen LogP contribution is 2.02. The lowest BCUT2D eigenvalue weighted by Crippen LogP contribution is -2.37. The SMILES string of the molecule is N[C@@H](COC(=O)CCC(=O)O)C(=O)OCc1ccccc1. The van der Waals surface area contributed by atoms with Crippen molar-refractivity contribution in [2.45, 2.75) is 25.5 Å². The summed E-state index contributed by atoms with van der Waals surface area (Å²) in [7, 11) is 0. The molecule has 0 aliphatic heterocycles. The van der Waals surface area contributed by atoms with Gasteiger partial charge in [0.2, 0.25) is 0 Å². The van der Waals surface area contributed by atoms with E-state index in [0.29, 0.717) is 0 Å². The van der Waals surface area contributed by atoms with E-state index in [4.69, 9.17) is 20.3 Å². The van der Waals surface area contributed by atoms with Crippen LogP contribution >= 0.6 is 0 Å². The predicted molar refractivity (Wildman–Crippen MR) is 72.0 cm³/mol. The molecule has 1 atom stereocenters. The Morgan fingerprint density at radius 2 is 1.76 bits per heavy atom. The second kappa shape index (κ2) is 8.70. The average molecular weight is 295 g/mol. The Hall–Kier alpha value is -2.41. The van der Waals surface area contributed by atoms with Gasteiger partial charge >= 0.3 is 17.9 Å². The molecule has 1 aromatic rings. The molecule has 114 valence electrons. The predicted octanol–water partition coefficient (Wildman–Crippen LogP) is 0.465. The van der Waals surface area contributed by atoms with Gasteiger partial charge in [0.15, 0.2) is 0 Å². The molecule has 0 unspecified atom stereocenters. The third-order valence-corrected chi connectivity index (χ3v) is 2.49. The summed E-state index contributed by atoms with van der Waals surface area (Å²) in [6, 6.07) is 7.96. The largest absolute Gasteiger partial charge is 0.481 e. The number of rotatable bonds is 8. The molecule has 7 nitrogen and oxygen atoms in total. The number of ether oxygens (including phenoxy) is 2. The molecule has 7 heteroatoms. The highest BCUT2D eigenvalue weighted by molar-refractivity contribution is 5.78. The molecular weight excluding hydrogens is 278 g/mol. The molecule has 0 spiro atoms. The van der Waals surface area contributed by atoms with E-state index in [1.165, 1.54) is 0 Å². The number of esters is 2. The Morgan fingerprint density at radius 1 is 1.10 bits per heavy atom. The molecule has 21 heavy (non-hydrogen) atoms. The van der Waals surface area contributed by atoms with Crippen LogP contribution in [-0.2, 0) is 30.5 Å². The van der Waals surface area contributed by atoms with Gasteiger partial charge in [0.25, 0.3) is 0 Å². The van der Waals surface area contributed by atoms with Crippen LogP contribution in [-0.4, -0.2) is 35.7 Å². The van der Waals surface area contributed by atoms with Crippen LogP contribution in [0.1, 0.15) is 18.4 Å². The van der Waals surface area contributed by atoms with Crippen LogP contribution in [0, 0.1) is 0 Å². The number of aliphatic carboxylic acids is 1. The van der Waals surface area contributed by atoms with Gasteiger partial charge in [-0.05, 0) is 5.56 Å². The van der Waals surface area contributed by atoms with E-state index >= 15 is 0 Å². The second-order valence-electron chi connectivity index (χ2n) is 4.28. The molecule has 0 fully saturated rings. The maximum absolute atomic E-state index is 11.6. The van der Waals surface area contributed by atoms with Crippen molar-refractivity contribution >= 4 is 17.9 Å². The van der Waals surface area contributed by atoms with Crippen LogP contribution in [0.15, 0.2) is 30.3 Å². The minimum atomic E-state index is -1.10. The monoisotopic (exact) mass is 295 g/mol. The van der Waals surface area contributed by atoms with E-state index in [0.717, 1.165) is 5.56 Å². The van der Waals surface area contributed by atoms with E-state index in [9.17, 15) is 14.4 Å². The van der Waals surface area contributed by atoms with Gasteiger partial charge in [-0.15, -0.1) is 0 Å². The van der Waals surface area contributed by atoms with Gasteiger partial charge in [-0.25, -0.2) is 0 Å². The van der Waals surface area contributed by atoms with Crippen LogP contribution in [0.2, 0.25) is 0 Å². The van der Waals surface area contributed by atoms with Gasteiger partial charge in [-0.1, -0.05) is 30.3 Å². The van der Waals surface area contributed by atoms with E-state index in [2.05, 4.69) is 0 Å². The normalized spacial score (nSPS) is 11.5. The summed E-state index contributed by atoms with van der Waals surface area (Å²) in [5, 5.41) is 8.40. The average Bonchev–Trinajstić information content (AvgIpc) is 2.49. The molecule has 0 bridgehead atoms. The lowest BCUT2D eigenvalue weighted by Gasteiger charge is -2.12. The van der Waals surface area contributed by atoms with Crippen molar-refractivity contribution in [3.63, 3.8) is 0 Å². The zero-order valence-corrected chi connectivity index (χ0v) is 11.4. The highest BCUT2D eigenvalue weighted by Gasteiger charge is 2.17. The fraction of sp³-hybridized carbons (Fsp3) is 0.357. The van der Waals surface area contributed by atoms with E-state index in [-0.39, 0.29) is 26.1 Å². The molecule has 0 saturated heterocycles. The Bertz CT molecular complexity index is 487. The molecule has 3 N–H and O–H groups in total. The summed E-state index contributed by atoms with van der Waals surface area (Å²) < 4.78 is 9.67. The third-order valence-electron chi connectivity index (χ3n) is 2.49. The number of carbonyl (C=O) groups is 3. The minimum absolute atomic E-state index is 0.0837. The van der Waals surface area contributed by atoms with Crippen molar-refractivity contribution in [1.29, 1.82) is 0 Å². The van der Waals surface area contributed by atoms with Crippen molar-refractivity contribution < 1.29 is 29.0 Å². The van der Waals surface area contributed by atoms with Crippen LogP contribution < -0.4 is 5.73 Å². The fourth-order valence-corrected chi connectivity index (χ4v) is 1.37. The molecule has 0 saturated carbocycles. The maximum atomic E-state index is 11.6. The molecule has 0 aromatic heterocycles. The zero-order valence-electron chi connectivity index (χ0n) is 11.4. The number of carboxylic acid groups (broad SMARTS) is 1. The van der Waals surface area contributed by atoms with Crippen LogP contribution in [0.4, 0.5) is 0 Å². The molecule has 0 aliphatic rings. The van der Waals surface area contributed by atoms with Crippen molar-refractivity contribution in [2.24, 2.45) is 5.73 Å². The summed E-state index contributed by atoms with van der Waals surface area (Å²) in [6.07, 6.45) is -0.590. The van der Waals surface area contributed by atoms with Crippen molar-refractivity contribution in [3.8, 4) is 0 Å². The number of hydrogen-bond acceptors (Lipinski definition) is 6. The summed E-state index contributed by atoms with van der Waals surface area (Å²) in [6.45, 7) is -0.258. The number of carbonyl (C=O) groups excluding carboxylic acids is 2. The molecule has 0 radical (unpaired) electrons. The standard InChI is InChI=1S/C14H17NO6/c15-11(9-20-13(18)7-6-12(16)17)14(19)21-8-10-4-2-1-3-5-10/h1-5,11H,6-9,15H2,(H,16,17)/t11-/m0/s1. The first-order valence-electron chi connectivity index (χ1n) is 6.32. The molecular formula is C14H17NO6. The third kappa shape index (κ3) is 7.07. The van der Waals surface area contributed by atoms with Crippen molar-refractivity contribution in [2.75, 3.05) is 6.61 Å². The summed E-state index contributed by atoms with van der Waals surface area (Å²) in [4.78, 5) is 33.0. The number of nitrogens with two attached hydrogens (primary N) is 1. The smallest absolute Gasteiger partial charge is 0.326 e. The second-order valence-corrected chi connectivity index (χ2v) is 4.28. The first-order valence-corrected chi connectivity index (χ1v) is 6.32. The van der Waals surface area contributed by atoms with Crippen LogP contribution in [0.25, 0.3) is 0 Å². The molecule has 1 rings (SSSR count). The lowest BCUT2D eigenvalue weighted by atomic mass is 10.2. The number of hydrogen-bond donors (Lipinski definition) is 2. The van der Waals surface area contributed by atoms with Gasteiger partial charge in [0.05, 0.1) is 12.8 Å². The summed E-state index contributed by atoms with van der Waals surface area (Å²) >= 11 is 0. The molecule has 1 aromatic carbocycles. The topological polar surface area (TPSA) is 116 Å². The van der Waals surface area contributed by atoms with Gasteiger partial charge in [0.1, 0.15) is 19.3 Å². The summed E-state index contributed by atoms with van der Waals surface area (Å²) in [5.41, 5.74) is 6.33. The van der Waals surface area contributed by atoms with Gasteiger partial charge < -0.3 is 20.3 Å². The molecule has 0 heterocycles. The Labute approximate surface area is 121 Å². The minimum Gasteiger partial charge on any atom is -0.481 e. The zero-order chi connectivity index (χ0) is 15.7. The van der Waals surface area contributed by atoms with Crippen LogP contribution in [0.5, 0.6) is 0 Å². The molecule has 0 aliphatic carbocycles. The van der Waals surface area contributed by atoms with Crippen LogP contribution in [0.3, 0.4) is 0 Å². The number of benzene rings is 1. The number of carboxylic acids is 1. The first kappa shape index (κ1) is 16.6. The van der Waals surface area contributed by atoms with E-state index in [1.54, 1.807) is 12.1 Å².